The molecule has 0 aromatic rings. The molecule has 0 spiro atoms. The van der Waals surface area contributed by atoms with Crippen LogP contribution in [0.1, 0.15) is 27.7 Å². The zero-order chi connectivity index (χ0) is 12.8. The Morgan fingerprint density at radius 2 is 1.88 bits per heavy atom. The fourth-order valence-corrected chi connectivity index (χ4v) is 2.00. The normalized spacial score (nSPS) is 14.4. The van der Waals surface area contributed by atoms with Crippen molar-refractivity contribution in [3.8, 4) is 0 Å². The van der Waals surface area contributed by atoms with Gasteiger partial charge in [0.15, 0.2) is 0 Å². The summed E-state index contributed by atoms with van der Waals surface area (Å²) in [4.78, 5) is 11.2. The van der Waals surface area contributed by atoms with Gasteiger partial charge in [0.2, 0.25) is 6.23 Å². The quantitative estimate of drug-likeness (QED) is 0.258. The van der Waals surface area contributed by atoms with Crippen LogP contribution in [-0.2, 0) is 9.53 Å². The Labute approximate surface area is 110 Å². The van der Waals surface area contributed by atoms with Gasteiger partial charge in [0.05, 0.1) is 13.1 Å². The fourth-order valence-electron chi connectivity index (χ4n) is 2.00. The van der Waals surface area contributed by atoms with Gasteiger partial charge in [0.1, 0.15) is 12.6 Å². The van der Waals surface area contributed by atoms with E-state index < -0.39 is 12.1 Å². The minimum atomic E-state index is -0.414. The first-order chi connectivity index (χ1) is 7.41. The molecule has 102 valence electrons. The molecular weight excluding hydrogens is 242 g/mol. The van der Waals surface area contributed by atoms with Crippen molar-refractivity contribution in [2.75, 3.05) is 19.6 Å². The first-order valence-corrected chi connectivity index (χ1v) is 5.78. The number of quaternary nitrogens is 1. The highest BCUT2D eigenvalue weighted by Gasteiger charge is 2.34. The number of nitrogens with zero attached hydrogens (tertiary/aromatic N) is 1. The van der Waals surface area contributed by atoms with Crippen LogP contribution in [0.2, 0.25) is 0 Å². The second kappa shape index (κ2) is 8.50. The van der Waals surface area contributed by atoms with Crippen LogP contribution in [0, 0.1) is 0 Å². The molecule has 0 radical (unpaired) electrons. The second-order valence-electron chi connectivity index (χ2n) is 4.12. The molecule has 0 rings (SSSR count). The molecule has 5 heteroatoms. The number of likely N-dealkylation sites (N-methyl/N-ethyl adjacent to an activating group) is 1. The molecule has 0 bridgehead atoms. The number of halogens is 1. The van der Waals surface area contributed by atoms with Crippen molar-refractivity contribution in [2.45, 2.75) is 40.0 Å². The van der Waals surface area contributed by atoms with E-state index in [0.717, 1.165) is 13.1 Å². The highest BCUT2D eigenvalue weighted by Crippen LogP contribution is 2.16. The summed E-state index contributed by atoms with van der Waals surface area (Å²) in [5.41, 5.74) is 0. The van der Waals surface area contributed by atoms with Crippen LogP contribution in [0.25, 0.3) is 0 Å². The van der Waals surface area contributed by atoms with E-state index in [9.17, 15) is 9.90 Å². The first-order valence-electron chi connectivity index (χ1n) is 5.78. The van der Waals surface area contributed by atoms with Gasteiger partial charge in [0, 0.05) is 13.0 Å². The Kier molecular flexibility index (Phi) is 9.39. The van der Waals surface area contributed by atoms with Gasteiger partial charge < -0.3 is 22.3 Å². The lowest BCUT2D eigenvalue weighted by atomic mass is 10.2. The van der Waals surface area contributed by atoms with E-state index in [2.05, 4.69) is 6.58 Å². The molecule has 2 atom stereocenters. The van der Waals surface area contributed by atoms with Gasteiger partial charge in [-0.15, -0.1) is 0 Å². The Morgan fingerprint density at radius 3 is 2.18 bits per heavy atom. The third kappa shape index (κ3) is 5.52. The fraction of sp³-hybridized carbons (Fsp3) is 0.750. The molecule has 0 heterocycles. The highest BCUT2D eigenvalue weighted by atomic mass is 35.5. The van der Waals surface area contributed by atoms with Crippen molar-refractivity contribution < 1.29 is 31.5 Å². The van der Waals surface area contributed by atoms with Crippen LogP contribution >= 0.6 is 0 Å². The molecule has 0 saturated carbocycles. The summed E-state index contributed by atoms with van der Waals surface area (Å²) in [5, 5.41) is 9.51. The van der Waals surface area contributed by atoms with Gasteiger partial charge in [-0.2, -0.15) is 0 Å². The molecule has 0 aliphatic rings. The molecule has 17 heavy (non-hydrogen) atoms. The van der Waals surface area contributed by atoms with E-state index in [4.69, 9.17) is 4.74 Å². The van der Waals surface area contributed by atoms with Crippen LogP contribution in [0.3, 0.4) is 0 Å². The third-order valence-corrected chi connectivity index (χ3v) is 3.11. The maximum absolute atomic E-state index is 11.2. The summed E-state index contributed by atoms with van der Waals surface area (Å²) < 4.78 is 5.82. The zero-order valence-corrected chi connectivity index (χ0v) is 11.9. The molecule has 0 aromatic carbocycles. The Bertz CT molecular complexity index is 240. The smallest absolute Gasteiger partial charge is 0.334 e. The lowest BCUT2D eigenvalue weighted by Gasteiger charge is -2.41. The summed E-state index contributed by atoms with van der Waals surface area (Å²) in [5.74, 6) is -0.414. The number of ether oxygens (including phenoxy) is 1. The van der Waals surface area contributed by atoms with Crippen molar-refractivity contribution in [3.63, 3.8) is 0 Å². The van der Waals surface area contributed by atoms with Crippen LogP contribution in [0.15, 0.2) is 12.7 Å². The number of hydrogen-bond acceptors (Lipinski definition) is 3. The van der Waals surface area contributed by atoms with E-state index in [1.807, 2.05) is 20.8 Å². The largest absolute Gasteiger partial charge is 1.00 e. The van der Waals surface area contributed by atoms with Gasteiger partial charge in [0.25, 0.3) is 0 Å². The molecule has 0 aliphatic carbocycles. The predicted molar refractivity (Wildman–Crippen MR) is 63.6 cm³/mol. The van der Waals surface area contributed by atoms with E-state index in [1.165, 1.54) is 6.08 Å². The maximum Gasteiger partial charge on any atom is 0.334 e. The lowest BCUT2D eigenvalue weighted by molar-refractivity contribution is -0.966. The van der Waals surface area contributed by atoms with Crippen molar-refractivity contribution in [2.24, 2.45) is 0 Å². The molecule has 4 nitrogen and oxygen atoms in total. The van der Waals surface area contributed by atoms with Crippen molar-refractivity contribution in [3.05, 3.63) is 12.7 Å². The number of carbonyl (C=O) groups excluding carboxylic acids is 1. The Hall–Kier alpha value is -0.580. The maximum atomic E-state index is 11.2. The number of aliphatic hydroxyl groups is 1. The molecule has 0 aromatic heterocycles. The number of esters is 1. The summed E-state index contributed by atoms with van der Waals surface area (Å²) in [6.07, 6.45) is 0.485. The summed E-state index contributed by atoms with van der Waals surface area (Å²) in [6.45, 7) is 13.3. The minimum absolute atomic E-state index is 0. The third-order valence-electron chi connectivity index (χ3n) is 3.11. The van der Waals surface area contributed by atoms with Crippen LogP contribution in [0.4, 0.5) is 0 Å². The lowest BCUT2D eigenvalue weighted by Crippen LogP contribution is -3.00. The summed E-state index contributed by atoms with van der Waals surface area (Å²) in [7, 11) is 0. The molecule has 0 amide bonds. The van der Waals surface area contributed by atoms with Crippen molar-refractivity contribution in [1.82, 2.24) is 0 Å². The number of aliphatic hydroxyl groups excluding tert-OH is 1. The standard InChI is InChI=1S/C12H24NO3.ClH/c1-6-12(15)16-11(5)13(7-2,8-3)9-10(4)14;/h6,10-11,14H,1,7-9H2,2-5H3;1H/q+1;/p-1. The van der Waals surface area contributed by atoms with Gasteiger partial charge in [-0.05, 0) is 20.8 Å². The van der Waals surface area contributed by atoms with Crippen LogP contribution in [-0.4, -0.2) is 47.5 Å². The molecule has 1 N–H and O–H groups in total. The van der Waals surface area contributed by atoms with Crippen molar-refractivity contribution in [1.29, 1.82) is 0 Å². The molecule has 2 unspecified atom stereocenters. The molecule has 0 saturated heterocycles. The van der Waals surface area contributed by atoms with Gasteiger partial charge in [-0.25, -0.2) is 4.79 Å². The van der Waals surface area contributed by atoms with E-state index >= 15 is 0 Å². The summed E-state index contributed by atoms with van der Waals surface area (Å²) >= 11 is 0. The summed E-state index contributed by atoms with van der Waals surface area (Å²) in [6, 6.07) is 0. The zero-order valence-electron chi connectivity index (χ0n) is 11.1. The van der Waals surface area contributed by atoms with E-state index in [1.54, 1.807) is 6.92 Å². The average Bonchev–Trinajstić information content (AvgIpc) is 2.25. The number of hydrogen-bond donors (Lipinski definition) is 1. The first kappa shape index (κ1) is 18.8. The predicted octanol–water partition coefficient (Wildman–Crippen LogP) is -1.70. The van der Waals surface area contributed by atoms with Gasteiger partial charge in [-0.1, -0.05) is 6.58 Å². The monoisotopic (exact) mass is 265 g/mol. The number of carbonyl (C=O) groups is 1. The minimum Gasteiger partial charge on any atom is -1.00 e. The Balaban J connectivity index is 0. The van der Waals surface area contributed by atoms with E-state index in [-0.39, 0.29) is 18.6 Å². The van der Waals surface area contributed by atoms with Crippen LogP contribution in [0.5, 0.6) is 0 Å². The SMILES string of the molecule is C=CC(=O)OC(C)[N+](CC)(CC)CC(C)O.[Cl-]. The molecular formula is C12H24ClNO3. The van der Waals surface area contributed by atoms with Gasteiger partial charge in [-0.3, -0.25) is 4.48 Å². The second-order valence-corrected chi connectivity index (χ2v) is 4.12. The molecule has 0 fully saturated rings. The number of rotatable bonds is 7. The van der Waals surface area contributed by atoms with Crippen molar-refractivity contribution >= 4 is 5.97 Å². The highest BCUT2D eigenvalue weighted by molar-refractivity contribution is 5.81. The van der Waals surface area contributed by atoms with E-state index in [0.29, 0.717) is 11.0 Å². The Morgan fingerprint density at radius 1 is 1.41 bits per heavy atom. The topological polar surface area (TPSA) is 46.5 Å². The average molecular weight is 266 g/mol. The van der Waals surface area contributed by atoms with Gasteiger partial charge >= 0.3 is 5.97 Å². The van der Waals surface area contributed by atoms with Crippen LogP contribution < -0.4 is 12.4 Å². The molecule has 0 aliphatic heterocycles.